The van der Waals surface area contributed by atoms with Crippen molar-refractivity contribution in [1.82, 2.24) is 0 Å². The Kier molecular flexibility index (Phi) is 4.21. The second kappa shape index (κ2) is 6.30. The van der Waals surface area contributed by atoms with Crippen LogP contribution in [0.15, 0.2) is 59.1 Å². The molecular weight excluding hydrogens is 358 g/mol. The van der Waals surface area contributed by atoms with Crippen LogP contribution in [0.5, 0.6) is 11.5 Å². The summed E-state index contributed by atoms with van der Waals surface area (Å²) in [4.78, 5) is 12.7. The first kappa shape index (κ1) is 15.4. The monoisotopic (exact) mass is 371 g/mol. The average Bonchev–Trinajstić information content (AvgIpc) is 2.55. The molecule has 0 aromatic heterocycles. The Morgan fingerprint density at radius 1 is 1.13 bits per heavy atom. The lowest BCUT2D eigenvalue weighted by Gasteiger charge is -2.12. The topological polar surface area (TPSA) is 58.6 Å². The molecule has 0 bridgehead atoms. The van der Waals surface area contributed by atoms with Gasteiger partial charge in [-0.2, -0.15) is 0 Å². The zero-order valence-electron chi connectivity index (χ0n) is 12.3. The summed E-state index contributed by atoms with van der Waals surface area (Å²) in [7, 11) is 1.55. The third-order valence-corrected chi connectivity index (χ3v) is 3.99. The molecule has 0 fully saturated rings. The van der Waals surface area contributed by atoms with Crippen molar-refractivity contribution in [3.8, 4) is 11.5 Å². The summed E-state index contributed by atoms with van der Waals surface area (Å²) in [5.74, 6) is 0.310. The van der Waals surface area contributed by atoms with Crippen molar-refractivity contribution >= 4 is 38.3 Å². The SMILES string of the molecule is COc1ccccc1NC(=O)c1cc(O)cc2ccc(Br)cc12. The van der Waals surface area contributed by atoms with Crippen molar-refractivity contribution in [2.75, 3.05) is 12.4 Å². The minimum absolute atomic E-state index is 0.0463. The van der Waals surface area contributed by atoms with Gasteiger partial charge in [-0.05, 0) is 47.2 Å². The van der Waals surface area contributed by atoms with Crippen molar-refractivity contribution in [2.24, 2.45) is 0 Å². The van der Waals surface area contributed by atoms with Gasteiger partial charge in [0.15, 0.2) is 0 Å². The number of para-hydroxylation sites is 2. The van der Waals surface area contributed by atoms with Crippen LogP contribution in [0.3, 0.4) is 0 Å². The van der Waals surface area contributed by atoms with Crippen LogP contribution in [0.4, 0.5) is 5.69 Å². The Balaban J connectivity index is 2.05. The Bertz CT molecular complexity index is 893. The highest BCUT2D eigenvalue weighted by molar-refractivity contribution is 9.10. The van der Waals surface area contributed by atoms with Crippen LogP contribution in [0.25, 0.3) is 10.8 Å². The number of carbonyl (C=O) groups excluding carboxylic acids is 1. The molecule has 0 heterocycles. The van der Waals surface area contributed by atoms with Gasteiger partial charge in [0.05, 0.1) is 18.4 Å². The average molecular weight is 372 g/mol. The van der Waals surface area contributed by atoms with Gasteiger partial charge >= 0.3 is 0 Å². The van der Waals surface area contributed by atoms with Gasteiger partial charge in [0.25, 0.3) is 5.91 Å². The molecule has 0 radical (unpaired) electrons. The van der Waals surface area contributed by atoms with Gasteiger partial charge in [0, 0.05) is 4.47 Å². The molecule has 23 heavy (non-hydrogen) atoms. The predicted molar refractivity (Wildman–Crippen MR) is 94.3 cm³/mol. The minimum Gasteiger partial charge on any atom is -0.508 e. The molecule has 0 saturated carbocycles. The number of fused-ring (bicyclic) bond motifs is 1. The molecule has 5 heteroatoms. The summed E-state index contributed by atoms with van der Waals surface area (Å²) < 4.78 is 6.10. The molecule has 116 valence electrons. The maximum atomic E-state index is 12.7. The number of nitrogens with one attached hydrogen (secondary N) is 1. The van der Waals surface area contributed by atoms with E-state index in [1.165, 1.54) is 6.07 Å². The van der Waals surface area contributed by atoms with Gasteiger partial charge in [-0.25, -0.2) is 0 Å². The highest BCUT2D eigenvalue weighted by Gasteiger charge is 2.14. The summed E-state index contributed by atoms with van der Waals surface area (Å²) in [6.45, 7) is 0. The number of aromatic hydroxyl groups is 1. The number of rotatable bonds is 3. The van der Waals surface area contributed by atoms with Gasteiger partial charge < -0.3 is 15.2 Å². The number of carbonyl (C=O) groups is 1. The third kappa shape index (κ3) is 3.14. The zero-order valence-corrected chi connectivity index (χ0v) is 13.9. The first-order valence-electron chi connectivity index (χ1n) is 6.95. The largest absolute Gasteiger partial charge is 0.508 e. The molecule has 1 amide bonds. The molecule has 0 aliphatic rings. The summed E-state index contributed by atoms with van der Waals surface area (Å²) in [6, 6.07) is 15.8. The maximum absolute atomic E-state index is 12.7. The number of methoxy groups -OCH3 is 1. The second-order valence-corrected chi connectivity index (χ2v) is 5.93. The molecule has 0 spiro atoms. The number of amides is 1. The fraction of sp³-hybridized carbons (Fsp3) is 0.0556. The van der Waals surface area contributed by atoms with Crippen molar-refractivity contribution in [3.63, 3.8) is 0 Å². The van der Waals surface area contributed by atoms with Crippen LogP contribution in [0.2, 0.25) is 0 Å². The Labute approximate surface area is 141 Å². The van der Waals surface area contributed by atoms with Gasteiger partial charge in [-0.3, -0.25) is 4.79 Å². The van der Waals surface area contributed by atoms with E-state index in [-0.39, 0.29) is 11.7 Å². The van der Waals surface area contributed by atoms with E-state index in [0.29, 0.717) is 17.0 Å². The van der Waals surface area contributed by atoms with Crippen molar-refractivity contribution in [3.05, 3.63) is 64.6 Å². The molecular formula is C18H14BrNO3. The number of anilines is 1. The molecule has 0 aliphatic heterocycles. The van der Waals surface area contributed by atoms with E-state index in [0.717, 1.165) is 15.2 Å². The van der Waals surface area contributed by atoms with E-state index < -0.39 is 0 Å². The summed E-state index contributed by atoms with van der Waals surface area (Å²) in [5, 5.41) is 14.3. The lowest BCUT2D eigenvalue weighted by atomic mass is 10.0. The number of phenols is 1. The van der Waals surface area contributed by atoms with Crippen molar-refractivity contribution < 1.29 is 14.6 Å². The number of phenolic OH excluding ortho intramolecular Hbond substituents is 1. The fourth-order valence-corrected chi connectivity index (χ4v) is 2.80. The normalized spacial score (nSPS) is 10.5. The smallest absolute Gasteiger partial charge is 0.256 e. The maximum Gasteiger partial charge on any atom is 0.256 e. The zero-order chi connectivity index (χ0) is 16.4. The number of ether oxygens (including phenoxy) is 1. The van der Waals surface area contributed by atoms with E-state index in [9.17, 15) is 9.90 Å². The molecule has 3 aromatic carbocycles. The van der Waals surface area contributed by atoms with Gasteiger partial charge in [-0.1, -0.05) is 34.1 Å². The molecule has 4 nitrogen and oxygen atoms in total. The second-order valence-electron chi connectivity index (χ2n) is 5.01. The first-order valence-corrected chi connectivity index (χ1v) is 7.74. The fourth-order valence-electron chi connectivity index (χ4n) is 2.44. The minimum atomic E-state index is -0.312. The molecule has 2 N–H and O–H groups in total. The molecule has 0 aliphatic carbocycles. The standard InChI is InChI=1S/C18H14BrNO3/c1-23-17-5-3-2-4-16(17)20-18(22)15-10-13(21)8-11-6-7-12(19)9-14(11)15/h2-10,21H,1H3,(H,20,22). The van der Waals surface area contributed by atoms with Gasteiger partial charge in [-0.15, -0.1) is 0 Å². The van der Waals surface area contributed by atoms with E-state index in [1.807, 2.05) is 30.3 Å². The number of hydrogen-bond donors (Lipinski definition) is 2. The third-order valence-electron chi connectivity index (χ3n) is 3.50. The van der Waals surface area contributed by atoms with Crippen molar-refractivity contribution in [1.29, 1.82) is 0 Å². The predicted octanol–water partition coefficient (Wildman–Crippen LogP) is 4.57. The number of benzene rings is 3. The molecule has 0 saturated heterocycles. The van der Waals surface area contributed by atoms with Gasteiger partial charge in [0.1, 0.15) is 11.5 Å². The van der Waals surface area contributed by atoms with E-state index in [2.05, 4.69) is 21.2 Å². The highest BCUT2D eigenvalue weighted by Crippen LogP contribution is 2.29. The first-order chi connectivity index (χ1) is 11.1. The van der Waals surface area contributed by atoms with Crippen LogP contribution >= 0.6 is 15.9 Å². The van der Waals surface area contributed by atoms with Crippen molar-refractivity contribution in [2.45, 2.75) is 0 Å². The molecule has 3 aromatic rings. The Hall–Kier alpha value is -2.53. The lowest BCUT2D eigenvalue weighted by molar-refractivity contribution is 0.102. The molecule has 0 unspecified atom stereocenters. The Morgan fingerprint density at radius 2 is 1.91 bits per heavy atom. The highest BCUT2D eigenvalue weighted by atomic mass is 79.9. The molecule has 3 rings (SSSR count). The number of hydrogen-bond acceptors (Lipinski definition) is 3. The quantitative estimate of drug-likeness (QED) is 0.708. The number of halogens is 1. The summed E-state index contributed by atoms with van der Waals surface area (Å²) >= 11 is 3.41. The van der Waals surface area contributed by atoms with Crippen LogP contribution in [-0.4, -0.2) is 18.1 Å². The summed E-state index contributed by atoms with van der Waals surface area (Å²) in [5.41, 5.74) is 0.971. The van der Waals surface area contributed by atoms with Crippen LogP contribution < -0.4 is 10.1 Å². The summed E-state index contributed by atoms with van der Waals surface area (Å²) in [6.07, 6.45) is 0. The van der Waals surface area contributed by atoms with E-state index >= 15 is 0 Å². The van der Waals surface area contributed by atoms with Crippen LogP contribution in [-0.2, 0) is 0 Å². The lowest BCUT2D eigenvalue weighted by Crippen LogP contribution is -2.13. The van der Waals surface area contributed by atoms with E-state index in [1.54, 1.807) is 25.3 Å². The molecule has 0 atom stereocenters. The van der Waals surface area contributed by atoms with Crippen LogP contribution in [0, 0.1) is 0 Å². The van der Waals surface area contributed by atoms with E-state index in [4.69, 9.17) is 4.74 Å². The van der Waals surface area contributed by atoms with Gasteiger partial charge in [0.2, 0.25) is 0 Å². The Morgan fingerprint density at radius 3 is 2.70 bits per heavy atom. The van der Waals surface area contributed by atoms with Crippen LogP contribution in [0.1, 0.15) is 10.4 Å².